The van der Waals surface area contributed by atoms with E-state index < -0.39 is 0 Å². The molecule has 2 aliphatic carbocycles. The number of nitrogens with one attached hydrogen (secondary N) is 1. The summed E-state index contributed by atoms with van der Waals surface area (Å²) in [6, 6.07) is 6.74. The topological polar surface area (TPSA) is 38.0 Å². The van der Waals surface area contributed by atoms with Crippen molar-refractivity contribution in [3.63, 3.8) is 0 Å². The molecule has 2 saturated carbocycles. The van der Waals surface area contributed by atoms with E-state index in [2.05, 4.69) is 27.3 Å². The summed E-state index contributed by atoms with van der Waals surface area (Å²) in [6.07, 6.45) is 5.60. The van der Waals surface area contributed by atoms with E-state index in [1.54, 1.807) is 0 Å². The standard InChI is InChI=1S/C13H17BrN2/c14-10-3-4-12(11(15)7-10)16-13-6-8-1-2-9(13)5-8/h3-4,7-9,13,16H,1-2,5-6,15H2. The lowest BCUT2D eigenvalue weighted by Gasteiger charge is -2.24. The summed E-state index contributed by atoms with van der Waals surface area (Å²) in [4.78, 5) is 0. The highest BCUT2D eigenvalue weighted by Crippen LogP contribution is 2.45. The summed E-state index contributed by atoms with van der Waals surface area (Å²) in [7, 11) is 0. The Hall–Kier alpha value is -0.700. The predicted octanol–water partition coefficient (Wildman–Crippen LogP) is 3.63. The zero-order valence-electron chi connectivity index (χ0n) is 9.25. The highest BCUT2D eigenvalue weighted by molar-refractivity contribution is 9.10. The molecule has 0 spiro atoms. The van der Waals surface area contributed by atoms with Gasteiger partial charge in [0.1, 0.15) is 0 Å². The van der Waals surface area contributed by atoms with E-state index in [4.69, 9.17) is 5.73 Å². The van der Waals surface area contributed by atoms with Gasteiger partial charge in [0.05, 0.1) is 11.4 Å². The Morgan fingerprint density at radius 1 is 1.25 bits per heavy atom. The lowest BCUT2D eigenvalue weighted by Crippen LogP contribution is -2.26. The van der Waals surface area contributed by atoms with Crippen LogP contribution >= 0.6 is 15.9 Å². The number of halogens is 1. The number of fused-ring (bicyclic) bond motifs is 2. The molecular formula is C13H17BrN2. The number of benzene rings is 1. The van der Waals surface area contributed by atoms with Gasteiger partial charge in [-0.2, -0.15) is 0 Å². The molecule has 0 aromatic heterocycles. The summed E-state index contributed by atoms with van der Waals surface area (Å²) in [5.74, 6) is 1.85. The molecule has 0 amide bonds. The molecule has 16 heavy (non-hydrogen) atoms. The van der Waals surface area contributed by atoms with Gasteiger partial charge in [-0.3, -0.25) is 0 Å². The van der Waals surface area contributed by atoms with Crippen LogP contribution in [0.15, 0.2) is 22.7 Å². The molecule has 2 nitrogen and oxygen atoms in total. The largest absolute Gasteiger partial charge is 0.397 e. The quantitative estimate of drug-likeness (QED) is 0.812. The minimum absolute atomic E-state index is 0.655. The van der Waals surface area contributed by atoms with Gasteiger partial charge in [-0.25, -0.2) is 0 Å². The maximum Gasteiger partial charge on any atom is 0.0576 e. The Balaban J connectivity index is 1.74. The van der Waals surface area contributed by atoms with Gasteiger partial charge < -0.3 is 11.1 Å². The minimum atomic E-state index is 0.655. The third-order valence-electron chi connectivity index (χ3n) is 4.09. The molecule has 3 heteroatoms. The second kappa shape index (κ2) is 3.95. The van der Waals surface area contributed by atoms with Crippen LogP contribution in [0, 0.1) is 11.8 Å². The van der Waals surface area contributed by atoms with Crippen molar-refractivity contribution in [2.75, 3.05) is 11.1 Å². The second-order valence-corrected chi connectivity index (χ2v) is 6.07. The molecule has 3 N–H and O–H groups in total. The van der Waals surface area contributed by atoms with Crippen LogP contribution < -0.4 is 11.1 Å². The van der Waals surface area contributed by atoms with Gasteiger partial charge in [0.25, 0.3) is 0 Å². The third-order valence-corrected chi connectivity index (χ3v) is 4.59. The van der Waals surface area contributed by atoms with Crippen LogP contribution in [0.5, 0.6) is 0 Å². The molecule has 86 valence electrons. The van der Waals surface area contributed by atoms with Crippen molar-refractivity contribution in [3.05, 3.63) is 22.7 Å². The SMILES string of the molecule is Nc1cc(Br)ccc1NC1CC2CCC1C2. The maximum atomic E-state index is 6.01. The van der Waals surface area contributed by atoms with Gasteiger partial charge in [-0.15, -0.1) is 0 Å². The lowest BCUT2D eigenvalue weighted by atomic mass is 9.95. The van der Waals surface area contributed by atoms with E-state index in [-0.39, 0.29) is 0 Å². The zero-order valence-corrected chi connectivity index (χ0v) is 10.8. The summed E-state index contributed by atoms with van der Waals surface area (Å²) < 4.78 is 1.04. The number of nitrogens with two attached hydrogens (primary N) is 1. The monoisotopic (exact) mass is 280 g/mol. The molecular weight excluding hydrogens is 264 g/mol. The van der Waals surface area contributed by atoms with Gasteiger partial charge in [0.15, 0.2) is 0 Å². The Morgan fingerprint density at radius 3 is 2.75 bits per heavy atom. The smallest absolute Gasteiger partial charge is 0.0576 e. The molecule has 3 rings (SSSR count). The van der Waals surface area contributed by atoms with E-state index in [0.29, 0.717) is 6.04 Å². The molecule has 1 aromatic rings. The van der Waals surface area contributed by atoms with Crippen molar-refractivity contribution in [3.8, 4) is 0 Å². The van der Waals surface area contributed by atoms with E-state index in [0.717, 1.165) is 27.7 Å². The number of hydrogen-bond acceptors (Lipinski definition) is 2. The summed E-state index contributed by atoms with van der Waals surface area (Å²) in [5.41, 5.74) is 7.95. The molecule has 0 radical (unpaired) electrons. The molecule has 3 atom stereocenters. The minimum Gasteiger partial charge on any atom is -0.397 e. The van der Waals surface area contributed by atoms with Gasteiger partial charge in [0, 0.05) is 10.5 Å². The normalized spacial score (nSPS) is 31.9. The predicted molar refractivity (Wildman–Crippen MR) is 71.4 cm³/mol. The van der Waals surface area contributed by atoms with Crippen molar-refractivity contribution >= 4 is 27.3 Å². The fraction of sp³-hybridized carbons (Fsp3) is 0.538. The van der Waals surface area contributed by atoms with Crippen LogP contribution in [0.2, 0.25) is 0 Å². The van der Waals surface area contributed by atoms with Crippen LogP contribution in [0.4, 0.5) is 11.4 Å². The fourth-order valence-electron chi connectivity index (χ4n) is 3.29. The van der Waals surface area contributed by atoms with Crippen LogP contribution in [0.25, 0.3) is 0 Å². The van der Waals surface area contributed by atoms with Crippen LogP contribution in [0.1, 0.15) is 25.7 Å². The lowest BCUT2D eigenvalue weighted by molar-refractivity contribution is 0.440. The van der Waals surface area contributed by atoms with E-state index in [1.165, 1.54) is 25.7 Å². The van der Waals surface area contributed by atoms with Crippen molar-refractivity contribution in [2.24, 2.45) is 11.8 Å². The second-order valence-electron chi connectivity index (χ2n) is 5.16. The van der Waals surface area contributed by atoms with Crippen molar-refractivity contribution in [1.29, 1.82) is 0 Å². The molecule has 2 fully saturated rings. The molecule has 0 saturated heterocycles. The maximum absolute atomic E-state index is 6.01. The van der Waals surface area contributed by atoms with Crippen molar-refractivity contribution in [2.45, 2.75) is 31.7 Å². The first-order valence-electron chi connectivity index (χ1n) is 6.04. The molecule has 3 unspecified atom stereocenters. The van der Waals surface area contributed by atoms with Gasteiger partial charge >= 0.3 is 0 Å². The molecule has 2 aliphatic rings. The summed E-state index contributed by atoms with van der Waals surface area (Å²) in [6.45, 7) is 0. The Labute approximate surface area is 105 Å². The number of hydrogen-bond donors (Lipinski definition) is 2. The zero-order chi connectivity index (χ0) is 11.1. The number of nitrogen functional groups attached to an aromatic ring is 1. The van der Waals surface area contributed by atoms with Crippen molar-refractivity contribution in [1.82, 2.24) is 0 Å². The average Bonchev–Trinajstić information content (AvgIpc) is 2.84. The first kappa shape index (κ1) is 10.5. The molecule has 0 heterocycles. The van der Waals surface area contributed by atoms with E-state index >= 15 is 0 Å². The summed E-state index contributed by atoms with van der Waals surface area (Å²) >= 11 is 3.43. The van der Waals surface area contributed by atoms with Crippen LogP contribution in [-0.2, 0) is 0 Å². The average molecular weight is 281 g/mol. The summed E-state index contributed by atoms with van der Waals surface area (Å²) in [5, 5.41) is 3.62. The van der Waals surface area contributed by atoms with Crippen molar-refractivity contribution < 1.29 is 0 Å². The fourth-order valence-corrected chi connectivity index (χ4v) is 3.67. The Kier molecular flexibility index (Phi) is 2.58. The molecule has 1 aromatic carbocycles. The van der Waals surface area contributed by atoms with E-state index in [1.807, 2.05) is 12.1 Å². The van der Waals surface area contributed by atoms with Gasteiger partial charge in [-0.1, -0.05) is 22.4 Å². The first-order valence-corrected chi connectivity index (χ1v) is 6.83. The van der Waals surface area contributed by atoms with Crippen LogP contribution in [0.3, 0.4) is 0 Å². The van der Waals surface area contributed by atoms with Gasteiger partial charge in [0.2, 0.25) is 0 Å². The molecule has 2 bridgehead atoms. The molecule has 0 aliphatic heterocycles. The first-order chi connectivity index (χ1) is 7.72. The number of anilines is 2. The highest BCUT2D eigenvalue weighted by atomic mass is 79.9. The van der Waals surface area contributed by atoms with Gasteiger partial charge in [-0.05, 0) is 49.3 Å². The van der Waals surface area contributed by atoms with E-state index in [9.17, 15) is 0 Å². The van der Waals surface area contributed by atoms with Crippen LogP contribution in [-0.4, -0.2) is 6.04 Å². The number of rotatable bonds is 2. The Morgan fingerprint density at radius 2 is 2.12 bits per heavy atom. The highest BCUT2D eigenvalue weighted by Gasteiger charge is 2.39. The Bertz CT molecular complexity index is 405. The third kappa shape index (κ3) is 1.81.